The smallest absolute Gasteiger partial charge is 0.273 e. The molecular weight excluding hydrogens is 326 g/mol. The normalized spacial score (nSPS) is 17.2. The van der Waals surface area contributed by atoms with E-state index in [9.17, 15) is 4.79 Å². The second-order valence-electron chi connectivity index (χ2n) is 6.53. The van der Waals surface area contributed by atoms with Crippen LogP contribution in [0.1, 0.15) is 47.2 Å². The lowest BCUT2D eigenvalue weighted by Crippen LogP contribution is -2.40. The van der Waals surface area contributed by atoms with Crippen LogP contribution in [0.5, 0.6) is 0 Å². The fraction of sp³-hybridized carbons (Fsp3) is 0.300. The van der Waals surface area contributed by atoms with Gasteiger partial charge in [-0.25, -0.2) is 0 Å². The zero-order valence-corrected chi connectivity index (χ0v) is 14.5. The molecule has 3 aromatic rings. The maximum atomic E-state index is 13.0. The summed E-state index contributed by atoms with van der Waals surface area (Å²) in [5.41, 5.74) is 1.67. The van der Waals surface area contributed by atoms with Crippen molar-refractivity contribution in [2.24, 2.45) is 0 Å². The van der Waals surface area contributed by atoms with Gasteiger partial charge in [0, 0.05) is 12.7 Å². The molecule has 1 saturated heterocycles. The lowest BCUT2D eigenvalue weighted by molar-refractivity contribution is 0.0589. The Hall–Kier alpha value is -3.02. The number of carbonyl (C=O) groups is 1. The summed E-state index contributed by atoms with van der Waals surface area (Å²) >= 11 is 0. The minimum atomic E-state index is -0.0653. The predicted molar refractivity (Wildman–Crippen MR) is 97.4 cm³/mol. The molecule has 6 heteroatoms. The van der Waals surface area contributed by atoms with E-state index in [1.807, 2.05) is 39.8 Å². The van der Waals surface area contributed by atoms with E-state index < -0.39 is 0 Å². The third kappa shape index (κ3) is 3.35. The van der Waals surface area contributed by atoms with Gasteiger partial charge in [-0.05, 0) is 37.0 Å². The first-order chi connectivity index (χ1) is 12.8. The number of amides is 1. The molecular formula is C20H21N5O. The van der Waals surface area contributed by atoms with Gasteiger partial charge in [-0.1, -0.05) is 36.4 Å². The highest BCUT2D eigenvalue weighted by Crippen LogP contribution is 2.31. The van der Waals surface area contributed by atoms with Crippen molar-refractivity contribution in [2.75, 3.05) is 6.54 Å². The van der Waals surface area contributed by atoms with Crippen LogP contribution < -0.4 is 0 Å². The van der Waals surface area contributed by atoms with Crippen LogP contribution in [0, 0.1) is 0 Å². The standard InChI is InChI=1S/C20H21N5O/c26-20(17-10-4-6-12-21-17)25-13-7-5-11-18(25)19-23-22-15-24(19)14-16-8-2-1-3-9-16/h1-4,6,8-10,12,15,18H,5,7,11,13-14H2. The average molecular weight is 347 g/mol. The van der Waals surface area contributed by atoms with E-state index in [-0.39, 0.29) is 11.9 Å². The molecule has 0 N–H and O–H groups in total. The second-order valence-corrected chi connectivity index (χ2v) is 6.53. The first-order valence-electron chi connectivity index (χ1n) is 8.96. The van der Waals surface area contributed by atoms with Gasteiger partial charge in [-0.15, -0.1) is 10.2 Å². The number of benzene rings is 1. The molecule has 1 aromatic carbocycles. The maximum Gasteiger partial charge on any atom is 0.273 e. The number of carbonyl (C=O) groups excluding carboxylic acids is 1. The number of likely N-dealkylation sites (tertiary alicyclic amines) is 1. The summed E-state index contributed by atoms with van der Waals surface area (Å²) < 4.78 is 2.05. The highest BCUT2D eigenvalue weighted by atomic mass is 16.2. The summed E-state index contributed by atoms with van der Waals surface area (Å²) in [6.45, 7) is 1.42. The zero-order chi connectivity index (χ0) is 17.8. The number of nitrogens with zero attached hydrogens (tertiary/aromatic N) is 5. The van der Waals surface area contributed by atoms with Gasteiger partial charge in [0.05, 0.1) is 12.6 Å². The van der Waals surface area contributed by atoms with Crippen molar-refractivity contribution in [3.63, 3.8) is 0 Å². The van der Waals surface area contributed by atoms with Gasteiger partial charge in [-0.2, -0.15) is 0 Å². The SMILES string of the molecule is O=C(c1ccccn1)N1CCCCC1c1nncn1Cc1ccccc1. The monoisotopic (exact) mass is 347 g/mol. The van der Waals surface area contributed by atoms with Crippen LogP contribution in [0.25, 0.3) is 0 Å². The van der Waals surface area contributed by atoms with Crippen molar-refractivity contribution >= 4 is 5.91 Å². The molecule has 1 unspecified atom stereocenters. The molecule has 0 aliphatic carbocycles. The van der Waals surface area contributed by atoms with Crippen molar-refractivity contribution in [3.05, 3.63) is 78.1 Å². The van der Waals surface area contributed by atoms with Crippen molar-refractivity contribution in [3.8, 4) is 0 Å². The molecule has 1 atom stereocenters. The lowest BCUT2D eigenvalue weighted by Gasteiger charge is -2.35. The van der Waals surface area contributed by atoms with Gasteiger partial charge in [0.25, 0.3) is 5.91 Å². The third-order valence-electron chi connectivity index (χ3n) is 4.79. The zero-order valence-electron chi connectivity index (χ0n) is 14.5. The Balaban J connectivity index is 1.61. The fourth-order valence-electron chi connectivity index (χ4n) is 3.50. The van der Waals surface area contributed by atoms with Crippen LogP contribution in [0.3, 0.4) is 0 Å². The Bertz CT molecular complexity index is 862. The summed E-state index contributed by atoms with van der Waals surface area (Å²) in [6, 6.07) is 15.6. The molecule has 2 aromatic heterocycles. The summed E-state index contributed by atoms with van der Waals surface area (Å²) in [6.07, 6.45) is 6.38. The first-order valence-corrected chi connectivity index (χ1v) is 8.96. The molecule has 0 saturated carbocycles. The van der Waals surface area contributed by atoms with E-state index >= 15 is 0 Å². The molecule has 4 rings (SSSR count). The van der Waals surface area contributed by atoms with Crippen LogP contribution in [-0.4, -0.2) is 37.1 Å². The highest BCUT2D eigenvalue weighted by molar-refractivity contribution is 5.92. The molecule has 1 aliphatic heterocycles. The molecule has 1 aliphatic rings. The Morgan fingerprint density at radius 1 is 1.08 bits per heavy atom. The van der Waals surface area contributed by atoms with Crippen LogP contribution in [0.15, 0.2) is 61.1 Å². The van der Waals surface area contributed by atoms with Gasteiger partial charge in [0.1, 0.15) is 12.0 Å². The van der Waals surface area contributed by atoms with E-state index in [4.69, 9.17) is 0 Å². The van der Waals surface area contributed by atoms with E-state index in [1.165, 1.54) is 5.56 Å². The molecule has 0 spiro atoms. The Kier molecular flexibility index (Phi) is 4.73. The minimum absolute atomic E-state index is 0.0374. The fourth-order valence-corrected chi connectivity index (χ4v) is 3.50. The first kappa shape index (κ1) is 16.4. The van der Waals surface area contributed by atoms with Gasteiger partial charge < -0.3 is 9.47 Å². The van der Waals surface area contributed by atoms with Crippen molar-refractivity contribution < 1.29 is 4.79 Å². The number of piperidine rings is 1. The lowest BCUT2D eigenvalue weighted by atomic mass is 10.0. The molecule has 0 radical (unpaired) electrons. The quantitative estimate of drug-likeness (QED) is 0.727. The van der Waals surface area contributed by atoms with Crippen LogP contribution >= 0.6 is 0 Å². The summed E-state index contributed by atoms with van der Waals surface area (Å²) in [5.74, 6) is 0.808. The van der Waals surface area contributed by atoms with Gasteiger partial charge in [0.15, 0.2) is 5.82 Å². The molecule has 6 nitrogen and oxygen atoms in total. The second kappa shape index (κ2) is 7.47. The Morgan fingerprint density at radius 3 is 2.73 bits per heavy atom. The predicted octanol–water partition coefficient (Wildman–Crippen LogP) is 3.09. The van der Waals surface area contributed by atoms with E-state index in [2.05, 4.69) is 27.3 Å². The average Bonchev–Trinajstić information content (AvgIpc) is 3.17. The van der Waals surface area contributed by atoms with Crippen LogP contribution in [-0.2, 0) is 6.54 Å². The largest absolute Gasteiger partial charge is 0.327 e. The highest BCUT2D eigenvalue weighted by Gasteiger charge is 2.32. The van der Waals surface area contributed by atoms with E-state index in [0.29, 0.717) is 12.2 Å². The number of aromatic nitrogens is 4. The summed E-state index contributed by atoms with van der Waals surface area (Å²) in [5, 5.41) is 8.48. The van der Waals surface area contributed by atoms with Crippen molar-refractivity contribution in [2.45, 2.75) is 31.8 Å². The number of hydrogen-bond donors (Lipinski definition) is 0. The Morgan fingerprint density at radius 2 is 1.92 bits per heavy atom. The molecule has 3 heterocycles. The van der Waals surface area contributed by atoms with Crippen LogP contribution in [0.4, 0.5) is 0 Å². The third-order valence-corrected chi connectivity index (χ3v) is 4.79. The Labute approximate surface area is 152 Å². The van der Waals surface area contributed by atoms with Gasteiger partial charge >= 0.3 is 0 Å². The van der Waals surface area contributed by atoms with Crippen LogP contribution in [0.2, 0.25) is 0 Å². The maximum absolute atomic E-state index is 13.0. The van der Waals surface area contributed by atoms with Gasteiger partial charge in [0.2, 0.25) is 0 Å². The molecule has 0 bridgehead atoms. The van der Waals surface area contributed by atoms with E-state index in [1.54, 1.807) is 18.6 Å². The molecule has 132 valence electrons. The van der Waals surface area contributed by atoms with Crippen molar-refractivity contribution in [1.29, 1.82) is 0 Å². The number of hydrogen-bond acceptors (Lipinski definition) is 4. The minimum Gasteiger partial charge on any atom is -0.327 e. The van der Waals surface area contributed by atoms with E-state index in [0.717, 1.165) is 31.6 Å². The molecule has 1 fully saturated rings. The van der Waals surface area contributed by atoms with Gasteiger partial charge in [-0.3, -0.25) is 9.78 Å². The summed E-state index contributed by atoms with van der Waals surface area (Å²) in [7, 11) is 0. The number of pyridine rings is 1. The number of rotatable bonds is 4. The van der Waals surface area contributed by atoms with Crippen molar-refractivity contribution in [1.82, 2.24) is 24.6 Å². The summed E-state index contributed by atoms with van der Waals surface area (Å²) in [4.78, 5) is 19.1. The molecule has 1 amide bonds. The molecule has 26 heavy (non-hydrogen) atoms. The topological polar surface area (TPSA) is 63.9 Å².